The van der Waals surface area contributed by atoms with E-state index in [1.54, 1.807) is 0 Å². The van der Waals surface area contributed by atoms with E-state index in [0.29, 0.717) is 11.6 Å². The second kappa shape index (κ2) is 6.73. The highest BCUT2D eigenvalue weighted by molar-refractivity contribution is 9.10. The molecule has 1 atom stereocenters. The van der Waals surface area contributed by atoms with Crippen LogP contribution in [-0.2, 0) is 11.3 Å². The summed E-state index contributed by atoms with van der Waals surface area (Å²) in [6.07, 6.45) is 0. The van der Waals surface area contributed by atoms with Crippen molar-refractivity contribution in [2.75, 3.05) is 0 Å². The van der Waals surface area contributed by atoms with Crippen LogP contribution in [-0.4, -0.2) is 17.5 Å². The Kier molecular flexibility index (Phi) is 5.83. The Morgan fingerprint density at radius 3 is 2.63 bits per heavy atom. The fraction of sp³-hybridized carbons (Fsp3) is 0.500. The fourth-order valence-electron chi connectivity index (χ4n) is 1.51. The van der Waals surface area contributed by atoms with Gasteiger partial charge in [-0.15, -0.1) is 0 Å². The Hall–Kier alpha value is -0.580. The summed E-state index contributed by atoms with van der Waals surface area (Å²) in [7, 11) is 0. The SMILES string of the molecule is CC(NCc1cc(Cl)ccc1Br)C(=O)NC(C)(C)C. The molecule has 19 heavy (non-hydrogen) atoms. The molecule has 0 aromatic heterocycles. The second-order valence-corrected chi connectivity index (χ2v) is 6.87. The summed E-state index contributed by atoms with van der Waals surface area (Å²) >= 11 is 9.42. The van der Waals surface area contributed by atoms with Gasteiger partial charge in [0.25, 0.3) is 0 Å². The first-order chi connectivity index (χ1) is 8.69. The minimum Gasteiger partial charge on any atom is -0.350 e. The summed E-state index contributed by atoms with van der Waals surface area (Å²) in [6.45, 7) is 8.32. The van der Waals surface area contributed by atoms with Gasteiger partial charge in [0.15, 0.2) is 0 Å². The first kappa shape index (κ1) is 16.5. The molecular weight excluding hydrogens is 328 g/mol. The molecule has 2 N–H and O–H groups in total. The molecule has 1 aromatic carbocycles. The Labute approximate surface area is 128 Å². The zero-order valence-electron chi connectivity index (χ0n) is 11.7. The molecule has 1 rings (SSSR count). The molecule has 0 heterocycles. The number of rotatable bonds is 4. The van der Waals surface area contributed by atoms with Crippen LogP contribution in [0.25, 0.3) is 0 Å². The lowest BCUT2D eigenvalue weighted by molar-refractivity contribution is -0.124. The molecular formula is C14H20BrClN2O. The summed E-state index contributed by atoms with van der Waals surface area (Å²) in [6, 6.07) is 5.35. The van der Waals surface area contributed by atoms with Crippen LogP contribution in [0.3, 0.4) is 0 Å². The highest BCUT2D eigenvalue weighted by atomic mass is 79.9. The van der Waals surface area contributed by atoms with E-state index in [9.17, 15) is 4.79 Å². The molecule has 106 valence electrons. The van der Waals surface area contributed by atoms with Gasteiger partial charge in [0.1, 0.15) is 0 Å². The zero-order valence-corrected chi connectivity index (χ0v) is 14.0. The highest BCUT2D eigenvalue weighted by Crippen LogP contribution is 2.21. The van der Waals surface area contributed by atoms with Crippen molar-refractivity contribution in [2.24, 2.45) is 0 Å². The van der Waals surface area contributed by atoms with Crippen molar-refractivity contribution in [3.05, 3.63) is 33.3 Å². The van der Waals surface area contributed by atoms with Gasteiger partial charge in [-0.3, -0.25) is 4.79 Å². The number of hydrogen-bond donors (Lipinski definition) is 2. The van der Waals surface area contributed by atoms with E-state index in [1.165, 1.54) is 0 Å². The first-order valence-corrected chi connectivity index (χ1v) is 7.35. The van der Waals surface area contributed by atoms with Gasteiger partial charge in [0.2, 0.25) is 5.91 Å². The molecule has 0 radical (unpaired) electrons. The topological polar surface area (TPSA) is 41.1 Å². The van der Waals surface area contributed by atoms with Crippen molar-refractivity contribution in [3.63, 3.8) is 0 Å². The maximum Gasteiger partial charge on any atom is 0.237 e. The molecule has 0 fully saturated rings. The maximum absolute atomic E-state index is 11.9. The van der Waals surface area contributed by atoms with Crippen molar-refractivity contribution >= 4 is 33.4 Å². The number of halogens is 2. The standard InChI is InChI=1S/C14H20BrClN2O/c1-9(13(19)18-14(2,3)4)17-8-10-7-11(16)5-6-12(10)15/h5-7,9,17H,8H2,1-4H3,(H,18,19). The molecule has 1 aromatic rings. The molecule has 0 saturated heterocycles. The monoisotopic (exact) mass is 346 g/mol. The van der Waals surface area contributed by atoms with E-state index in [0.717, 1.165) is 10.0 Å². The number of amides is 1. The minimum absolute atomic E-state index is 0.00866. The number of carbonyl (C=O) groups is 1. The Balaban J connectivity index is 2.56. The van der Waals surface area contributed by atoms with Crippen LogP contribution in [0.15, 0.2) is 22.7 Å². The lowest BCUT2D eigenvalue weighted by Crippen LogP contribution is -2.49. The van der Waals surface area contributed by atoms with Crippen LogP contribution in [0.1, 0.15) is 33.3 Å². The average molecular weight is 348 g/mol. The minimum atomic E-state index is -0.259. The van der Waals surface area contributed by atoms with Crippen LogP contribution in [0.4, 0.5) is 0 Å². The van der Waals surface area contributed by atoms with Crippen molar-refractivity contribution in [2.45, 2.75) is 45.8 Å². The summed E-state index contributed by atoms with van der Waals surface area (Å²) in [5, 5.41) is 6.82. The van der Waals surface area contributed by atoms with Gasteiger partial charge in [-0.2, -0.15) is 0 Å². The third kappa shape index (κ3) is 5.93. The highest BCUT2D eigenvalue weighted by Gasteiger charge is 2.18. The van der Waals surface area contributed by atoms with Crippen molar-refractivity contribution in [3.8, 4) is 0 Å². The summed E-state index contributed by atoms with van der Waals surface area (Å²) in [5.74, 6) is -0.00866. The van der Waals surface area contributed by atoms with Gasteiger partial charge in [0, 0.05) is 21.6 Å². The largest absolute Gasteiger partial charge is 0.350 e. The van der Waals surface area contributed by atoms with Gasteiger partial charge in [0.05, 0.1) is 6.04 Å². The fourth-order valence-corrected chi connectivity index (χ4v) is 2.09. The molecule has 0 aliphatic heterocycles. The number of carbonyl (C=O) groups excluding carboxylic acids is 1. The smallest absolute Gasteiger partial charge is 0.237 e. The summed E-state index contributed by atoms with van der Waals surface area (Å²) < 4.78 is 0.979. The summed E-state index contributed by atoms with van der Waals surface area (Å²) in [5.41, 5.74) is 0.812. The Morgan fingerprint density at radius 2 is 2.05 bits per heavy atom. The third-order valence-electron chi connectivity index (χ3n) is 2.50. The van der Waals surface area contributed by atoms with Crippen molar-refractivity contribution in [1.82, 2.24) is 10.6 Å². The molecule has 0 saturated carbocycles. The van der Waals surface area contributed by atoms with Gasteiger partial charge < -0.3 is 10.6 Å². The van der Waals surface area contributed by atoms with Gasteiger partial charge in [-0.25, -0.2) is 0 Å². The number of benzene rings is 1. The molecule has 1 unspecified atom stereocenters. The number of hydrogen-bond acceptors (Lipinski definition) is 2. The normalized spacial score (nSPS) is 13.2. The Morgan fingerprint density at radius 1 is 1.42 bits per heavy atom. The third-order valence-corrected chi connectivity index (χ3v) is 3.51. The predicted octanol–water partition coefficient (Wildman–Crippen LogP) is 3.50. The van der Waals surface area contributed by atoms with E-state index < -0.39 is 0 Å². The molecule has 0 aliphatic carbocycles. The number of nitrogens with one attached hydrogen (secondary N) is 2. The van der Waals surface area contributed by atoms with Crippen molar-refractivity contribution < 1.29 is 4.79 Å². The van der Waals surface area contributed by atoms with E-state index >= 15 is 0 Å². The summed E-state index contributed by atoms with van der Waals surface area (Å²) in [4.78, 5) is 11.9. The molecule has 0 spiro atoms. The van der Waals surface area contributed by atoms with Gasteiger partial charge in [-0.05, 0) is 51.5 Å². The quantitative estimate of drug-likeness (QED) is 0.875. The second-order valence-electron chi connectivity index (χ2n) is 5.58. The van der Waals surface area contributed by atoms with E-state index in [-0.39, 0.29) is 17.5 Å². The van der Waals surface area contributed by atoms with E-state index in [2.05, 4.69) is 26.6 Å². The van der Waals surface area contributed by atoms with Crippen LogP contribution < -0.4 is 10.6 Å². The zero-order chi connectivity index (χ0) is 14.6. The van der Waals surface area contributed by atoms with Gasteiger partial charge >= 0.3 is 0 Å². The Bertz CT molecular complexity index is 457. The molecule has 0 aliphatic rings. The van der Waals surface area contributed by atoms with Crippen LogP contribution in [0, 0.1) is 0 Å². The first-order valence-electron chi connectivity index (χ1n) is 6.18. The van der Waals surface area contributed by atoms with Gasteiger partial charge in [-0.1, -0.05) is 27.5 Å². The van der Waals surface area contributed by atoms with Crippen LogP contribution in [0.5, 0.6) is 0 Å². The van der Waals surface area contributed by atoms with E-state index in [4.69, 9.17) is 11.6 Å². The van der Waals surface area contributed by atoms with Crippen LogP contribution >= 0.6 is 27.5 Å². The maximum atomic E-state index is 11.9. The molecule has 3 nitrogen and oxygen atoms in total. The molecule has 0 bridgehead atoms. The molecule has 1 amide bonds. The average Bonchev–Trinajstić information content (AvgIpc) is 2.27. The lowest BCUT2D eigenvalue weighted by atomic mass is 10.1. The van der Waals surface area contributed by atoms with Crippen LogP contribution in [0.2, 0.25) is 5.02 Å². The lowest BCUT2D eigenvalue weighted by Gasteiger charge is -2.23. The van der Waals surface area contributed by atoms with E-state index in [1.807, 2.05) is 45.9 Å². The predicted molar refractivity (Wildman–Crippen MR) is 83.3 cm³/mol. The van der Waals surface area contributed by atoms with Crippen molar-refractivity contribution in [1.29, 1.82) is 0 Å². The molecule has 5 heteroatoms.